The van der Waals surface area contributed by atoms with Gasteiger partial charge >= 0.3 is 11.9 Å². The fourth-order valence-electron chi connectivity index (χ4n) is 5.11. The lowest BCUT2D eigenvalue weighted by atomic mass is 9.87. The molecule has 5 rings (SSSR count). The maximum absolute atomic E-state index is 12.8. The van der Waals surface area contributed by atoms with E-state index in [2.05, 4.69) is 18.2 Å². The summed E-state index contributed by atoms with van der Waals surface area (Å²) in [4.78, 5) is 25.1. The molecule has 2 saturated carbocycles. The lowest BCUT2D eigenvalue weighted by Crippen LogP contribution is -2.29. The number of fused-ring (bicyclic) bond motifs is 1. The fourth-order valence-corrected chi connectivity index (χ4v) is 5.11. The van der Waals surface area contributed by atoms with Crippen molar-refractivity contribution >= 4 is 22.7 Å². The topological polar surface area (TPSA) is 71.1 Å². The number of ether oxygens (including phenoxy) is 4. The number of carbonyl (C=O) groups is 2. The lowest BCUT2D eigenvalue weighted by molar-refractivity contribution is -0.151. The molecule has 0 spiro atoms. The van der Waals surface area contributed by atoms with Crippen LogP contribution in [0.15, 0.2) is 54.6 Å². The highest BCUT2D eigenvalue weighted by Gasteiger charge is 2.33. The SMILES string of the molecule is COC(=O)c1cc(OC2CCC(C(=O)OCc3cccc4ccccc34)CC2)c(C2CC2)cc1OC. The summed E-state index contributed by atoms with van der Waals surface area (Å²) < 4.78 is 22.5. The lowest BCUT2D eigenvalue weighted by Gasteiger charge is -2.29. The number of esters is 2. The van der Waals surface area contributed by atoms with Gasteiger partial charge in [0.05, 0.1) is 26.2 Å². The van der Waals surface area contributed by atoms with Crippen molar-refractivity contribution in [2.75, 3.05) is 14.2 Å². The van der Waals surface area contributed by atoms with E-state index >= 15 is 0 Å². The Morgan fingerprint density at radius 3 is 2.33 bits per heavy atom. The van der Waals surface area contributed by atoms with Crippen molar-refractivity contribution in [1.29, 1.82) is 0 Å². The van der Waals surface area contributed by atoms with Crippen LogP contribution in [0.1, 0.15) is 65.9 Å². The van der Waals surface area contributed by atoms with E-state index in [0.29, 0.717) is 17.2 Å². The summed E-state index contributed by atoms with van der Waals surface area (Å²) in [7, 11) is 2.91. The third-order valence-corrected chi connectivity index (χ3v) is 7.31. The molecule has 36 heavy (non-hydrogen) atoms. The zero-order valence-electron chi connectivity index (χ0n) is 20.8. The molecular weight excluding hydrogens is 456 g/mol. The Hall–Kier alpha value is -3.54. The first-order chi connectivity index (χ1) is 17.6. The Labute approximate surface area is 211 Å². The maximum atomic E-state index is 12.8. The average Bonchev–Trinajstić information content (AvgIpc) is 3.77. The van der Waals surface area contributed by atoms with Crippen LogP contribution < -0.4 is 9.47 Å². The van der Waals surface area contributed by atoms with Crippen molar-refractivity contribution in [3.05, 3.63) is 71.3 Å². The molecule has 0 saturated heterocycles. The van der Waals surface area contributed by atoms with Gasteiger partial charge in [-0.05, 0) is 72.9 Å². The van der Waals surface area contributed by atoms with Crippen molar-refractivity contribution in [3.63, 3.8) is 0 Å². The second-order valence-electron chi connectivity index (χ2n) is 9.69. The number of carbonyl (C=O) groups excluding carboxylic acids is 2. The maximum Gasteiger partial charge on any atom is 0.341 e. The van der Waals surface area contributed by atoms with Crippen LogP contribution in [0, 0.1) is 5.92 Å². The summed E-state index contributed by atoms with van der Waals surface area (Å²) >= 11 is 0. The van der Waals surface area contributed by atoms with Crippen LogP contribution in [0.4, 0.5) is 0 Å². The van der Waals surface area contributed by atoms with Crippen molar-refractivity contribution in [2.45, 2.75) is 57.2 Å². The van der Waals surface area contributed by atoms with Gasteiger partial charge in [0.1, 0.15) is 23.7 Å². The van der Waals surface area contributed by atoms with Crippen LogP contribution in [-0.4, -0.2) is 32.3 Å². The van der Waals surface area contributed by atoms with Gasteiger partial charge in [-0.2, -0.15) is 0 Å². The Bertz CT molecular complexity index is 1250. The minimum Gasteiger partial charge on any atom is -0.496 e. The highest BCUT2D eigenvalue weighted by molar-refractivity contribution is 5.93. The van der Waals surface area contributed by atoms with Gasteiger partial charge in [-0.3, -0.25) is 4.79 Å². The first-order valence-electron chi connectivity index (χ1n) is 12.7. The number of hydrogen-bond acceptors (Lipinski definition) is 6. The van der Waals surface area contributed by atoms with Crippen molar-refractivity contribution in [2.24, 2.45) is 5.92 Å². The van der Waals surface area contributed by atoms with Gasteiger partial charge in [-0.1, -0.05) is 42.5 Å². The molecule has 188 valence electrons. The largest absolute Gasteiger partial charge is 0.496 e. The Kier molecular flexibility index (Phi) is 7.12. The molecule has 0 N–H and O–H groups in total. The Morgan fingerprint density at radius 2 is 1.61 bits per heavy atom. The quantitative estimate of drug-likeness (QED) is 0.352. The van der Waals surface area contributed by atoms with Crippen LogP contribution in [0.25, 0.3) is 10.8 Å². The Morgan fingerprint density at radius 1 is 0.861 bits per heavy atom. The summed E-state index contributed by atoms with van der Waals surface area (Å²) in [6.45, 7) is 0.281. The third kappa shape index (κ3) is 5.18. The molecule has 6 nitrogen and oxygen atoms in total. The van der Waals surface area contributed by atoms with E-state index in [4.69, 9.17) is 18.9 Å². The molecule has 2 fully saturated rings. The summed E-state index contributed by atoms with van der Waals surface area (Å²) in [5, 5.41) is 2.25. The zero-order valence-corrected chi connectivity index (χ0v) is 20.8. The molecule has 6 heteroatoms. The fraction of sp³-hybridized carbons (Fsp3) is 0.400. The molecule has 0 aromatic heterocycles. The van der Waals surface area contributed by atoms with Crippen LogP contribution in [0.5, 0.6) is 11.5 Å². The monoisotopic (exact) mass is 488 g/mol. The normalized spacial score (nSPS) is 19.5. The zero-order chi connectivity index (χ0) is 25.1. The minimum atomic E-state index is -0.448. The van der Waals surface area contributed by atoms with Gasteiger partial charge in [0.25, 0.3) is 0 Å². The van der Waals surface area contributed by atoms with E-state index in [-0.39, 0.29) is 24.6 Å². The van der Waals surface area contributed by atoms with E-state index in [0.717, 1.165) is 66.2 Å². The molecule has 2 aliphatic rings. The van der Waals surface area contributed by atoms with E-state index in [1.165, 1.54) is 7.11 Å². The summed E-state index contributed by atoms with van der Waals surface area (Å²) in [6, 6.07) is 17.9. The molecule has 0 radical (unpaired) electrons. The van der Waals surface area contributed by atoms with Crippen LogP contribution >= 0.6 is 0 Å². The van der Waals surface area contributed by atoms with E-state index in [1.807, 2.05) is 30.3 Å². The van der Waals surface area contributed by atoms with E-state index in [1.54, 1.807) is 13.2 Å². The van der Waals surface area contributed by atoms with E-state index < -0.39 is 5.97 Å². The van der Waals surface area contributed by atoms with Gasteiger partial charge < -0.3 is 18.9 Å². The molecule has 0 aliphatic heterocycles. The number of hydrogen-bond donors (Lipinski definition) is 0. The summed E-state index contributed by atoms with van der Waals surface area (Å²) in [6.07, 6.45) is 5.16. The number of methoxy groups -OCH3 is 2. The van der Waals surface area contributed by atoms with Gasteiger partial charge in [-0.25, -0.2) is 4.79 Å². The van der Waals surface area contributed by atoms with Crippen LogP contribution in [0.2, 0.25) is 0 Å². The second-order valence-corrected chi connectivity index (χ2v) is 9.69. The van der Waals surface area contributed by atoms with Gasteiger partial charge in [0, 0.05) is 5.56 Å². The minimum absolute atomic E-state index is 0.0106. The van der Waals surface area contributed by atoms with Gasteiger partial charge in [0.2, 0.25) is 0 Å². The molecule has 0 heterocycles. The first-order valence-corrected chi connectivity index (χ1v) is 12.7. The first kappa shape index (κ1) is 24.2. The number of rotatable bonds is 8. The predicted octanol–water partition coefficient (Wildman–Crippen LogP) is 6.19. The van der Waals surface area contributed by atoms with Crippen LogP contribution in [0.3, 0.4) is 0 Å². The molecule has 0 atom stereocenters. The molecule has 0 bridgehead atoms. The van der Waals surface area contributed by atoms with Crippen LogP contribution in [-0.2, 0) is 20.9 Å². The molecule has 3 aromatic rings. The van der Waals surface area contributed by atoms with E-state index in [9.17, 15) is 9.59 Å². The molecule has 0 unspecified atom stereocenters. The predicted molar refractivity (Wildman–Crippen MR) is 136 cm³/mol. The summed E-state index contributed by atoms with van der Waals surface area (Å²) in [5.74, 6) is 0.953. The smallest absolute Gasteiger partial charge is 0.341 e. The van der Waals surface area contributed by atoms with Crippen molar-refractivity contribution in [3.8, 4) is 11.5 Å². The molecule has 0 amide bonds. The standard InChI is InChI=1S/C30H32O6/c1-33-27-16-25(20-10-11-20)28(17-26(27)30(32)34-2)36-23-14-12-21(13-15-23)29(31)35-18-22-8-5-7-19-6-3-4-9-24(19)22/h3-9,16-17,20-21,23H,10-15,18H2,1-2H3. The number of benzene rings is 3. The molecule has 3 aromatic carbocycles. The summed E-state index contributed by atoms with van der Waals surface area (Å²) in [5.41, 5.74) is 2.47. The molecular formula is C30H32O6. The third-order valence-electron chi connectivity index (χ3n) is 7.31. The Balaban J connectivity index is 1.20. The second kappa shape index (κ2) is 10.6. The van der Waals surface area contributed by atoms with Gasteiger partial charge in [-0.15, -0.1) is 0 Å². The molecule has 2 aliphatic carbocycles. The highest BCUT2D eigenvalue weighted by atomic mass is 16.5. The van der Waals surface area contributed by atoms with Crippen molar-refractivity contribution in [1.82, 2.24) is 0 Å². The average molecular weight is 489 g/mol. The van der Waals surface area contributed by atoms with Gasteiger partial charge in [0.15, 0.2) is 0 Å². The highest BCUT2D eigenvalue weighted by Crippen LogP contribution is 2.47. The van der Waals surface area contributed by atoms with Crippen molar-refractivity contribution < 1.29 is 28.5 Å².